The molecule has 0 aliphatic carbocycles. The third-order valence-corrected chi connectivity index (χ3v) is 1.53. The molecule has 1 aromatic carbocycles. The normalized spacial score (nSPS) is 11.4. The molecule has 0 saturated carbocycles. The average Bonchev–Trinajstić information content (AvgIpc) is 2.15. The number of isocyanates is 1. The molecule has 1 rings (SSSR count). The van der Waals surface area contributed by atoms with Gasteiger partial charge in [0.25, 0.3) is 0 Å². The van der Waals surface area contributed by atoms with E-state index in [1.54, 1.807) is 30.3 Å². The Labute approximate surface area is 74.5 Å². The summed E-state index contributed by atoms with van der Waals surface area (Å²) in [7, 11) is 0. The van der Waals surface area contributed by atoms with Gasteiger partial charge in [0.1, 0.15) is 0 Å². The summed E-state index contributed by atoms with van der Waals surface area (Å²) in [4.78, 5) is 23.7. The van der Waals surface area contributed by atoms with E-state index in [2.05, 4.69) is 4.99 Å². The number of carbonyl (C=O) groups excluding carboxylic acids is 1. The van der Waals surface area contributed by atoms with E-state index >= 15 is 0 Å². The molecule has 0 heterocycles. The first-order valence-electron chi connectivity index (χ1n) is 3.60. The van der Waals surface area contributed by atoms with Crippen LogP contribution in [-0.4, -0.2) is 17.2 Å². The second-order valence-electron chi connectivity index (χ2n) is 2.37. The van der Waals surface area contributed by atoms with Crippen LogP contribution in [0, 0.1) is 0 Å². The maximum absolute atomic E-state index is 10.6. The highest BCUT2D eigenvalue weighted by Crippen LogP contribution is 2.15. The molecular formula is C9H7NO3. The molecule has 4 nitrogen and oxygen atoms in total. The van der Waals surface area contributed by atoms with E-state index in [0.717, 1.165) is 0 Å². The molecule has 13 heavy (non-hydrogen) atoms. The van der Waals surface area contributed by atoms with Crippen molar-refractivity contribution in [1.29, 1.82) is 0 Å². The molecule has 0 unspecified atom stereocenters. The molecule has 0 radical (unpaired) electrons. The van der Waals surface area contributed by atoms with Gasteiger partial charge in [-0.3, -0.25) is 0 Å². The molecule has 0 bridgehead atoms. The van der Waals surface area contributed by atoms with Crippen LogP contribution in [0.3, 0.4) is 0 Å². The van der Waals surface area contributed by atoms with E-state index in [4.69, 9.17) is 5.11 Å². The van der Waals surface area contributed by atoms with E-state index in [0.29, 0.717) is 5.56 Å². The zero-order chi connectivity index (χ0) is 9.68. The van der Waals surface area contributed by atoms with Gasteiger partial charge in [-0.25, -0.2) is 9.59 Å². The number of carbonyl (C=O) groups is 1. The fourth-order valence-corrected chi connectivity index (χ4v) is 0.960. The highest BCUT2D eigenvalue weighted by Gasteiger charge is 2.17. The number of benzene rings is 1. The minimum absolute atomic E-state index is 0.471. The van der Waals surface area contributed by atoms with Gasteiger partial charge in [0.05, 0.1) is 0 Å². The van der Waals surface area contributed by atoms with Gasteiger partial charge in [-0.1, -0.05) is 30.3 Å². The van der Waals surface area contributed by atoms with Crippen molar-refractivity contribution in [2.45, 2.75) is 6.04 Å². The van der Waals surface area contributed by atoms with E-state index in [-0.39, 0.29) is 0 Å². The molecule has 1 atom stereocenters. The lowest BCUT2D eigenvalue weighted by atomic mass is 10.1. The molecule has 1 aromatic rings. The molecular weight excluding hydrogens is 170 g/mol. The van der Waals surface area contributed by atoms with Crippen molar-refractivity contribution in [3.05, 3.63) is 35.9 Å². The predicted molar refractivity (Wildman–Crippen MR) is 44.9 cm³/mol. The number of aliphatic imine (C=N–C) groups is 1. The molecule has 0 aliphatic heterocycles. The number of carboxylic acid groups (broad SMARTS) is 1. The Morgan fingerprint density at radius 1 is 1.38 bits per heavy atom. The van der Waals surface area contributed by atoms with E-state index in [9.17, 15) is 9.59 Å². The molecule has 0 spiro atoms. The lowest BCUT2D eigenvalue weighted by Crippen LogP contribution is -2.08. The van der Waals surface area contributed by atoms with E-state index in [1.165, 1.54) is 6.08 Å². The smallest absolute Gasteiger partial charge is 0.334 e. The SMILES string of the molecule is O=C=N[C@@H](C(=O)O)c1ccccc1. The van der Waals surface area contributed by atoms with Gasteiger partial charge >= 0.3 is 5.97 Å². The fourth-order valence-electron chi connectivity index (χ4n) is 0.960. The number of aliphatic carboxylic acids is 1. The highest BCUT2D eigenvalue weighted by atomic mass is 16.4. The predicted octanol–water partition coefficient (Wildman–Crippen LogP) is 1.15. The Morgan fingerprint density at radius 3 is 2.46 bits per heavy atom. The standard InChI is InChI=1S/C9H7NO3/c11-6-10-8(9(12)13)7-4-2-1-3-5-7/h1-5,8H,(H,12,13)/t8-/m1/s1. The van der Waals surface area contributed by atoms with Gasteiger partial charge in [0, 0.05) is 0 Å². The van der Waals surface area contributed by atoms with Crippen molar-refractivity contribution in [2.75, 3.05) is 0 Å². The van der Waals surface area contributed by atoms with Gasteiger partial charge in [0.15, 0.2) is 6.04 Å². The molecule has 0 aliphatic rings. The largest absolute Gasteiger partial charge is 0.479 e. The van der Waals surface area contributed by atoms with Crippen LogP contribution in [0.1, 0.15) is 11.6 Å². The van der Waals surface area contributed by atoms with Crippen LogP contribution in [0.2, 0.25) is 0 Å². The highest BCUT2D eigenvalue weighted by molar-refractivity contribution is 5.76. The van der Waals surface area contributed by atoms with Gasteiger partial charge in [0.2, 0.25) is 6.08 Å². The van der Waals surface area contributed by atoms with Crippen LogP contribution < -0.4 is 0 Å². The van der Waals surface area contributed by atoms with Crippen molar-refractivity contribution in [2.24, 2.45) is 4.99 Å². The fraction of sp³-hybridized carbons (Fsp3) is 0.111. The monoisotopic (exact) mass is 177 g/mol. The molecule has 4 heteroatoms. The first-order valence-corrected chi connectivity index (χ1v) is 3.60. The number of rotatable bonds is 3. The van der Waals surface area contributed by atoms with Gasteiger partial charge < -0.3 is 5.11 Å². The number of hydrogen-bond donors (Lipinski definition) is 1. The molecule has 66 valence electrons. The van der Waals surface area contributed by atoms with Crippen molar-refractivity contribution in [3.63, 3.8) is 0 Å². The molecule has 0 aromatic heterocycles. The van der Waals surface area contributed by atoms with E-state index < -0.39 is 12.0 Å². The minimum atomic E-state index is -1.16. The number of nitrogens with zero attached hydrogens (tertiary/aromatic N) is 1. The summed E-state index contributed by atoms with van der Waals surface area (Å²) in [6.07, 6.45) is 1.24. The molecule has 0 fully saturated rings. The summed E-state index contributed by atoms with van der Waals surface area (Å²) >= 11 is 0. The van der Waals surface area contributed by atoms with Crippen LogP contribution in [0.4, 0.5) is 0 Å². The Bertz CT molecular complexity index is 339. The first-order chi connectivity index (χ1) is 6.25. The van der Waals surface area contributed by atoms with Crippen molar-refractivity contribution in [1.82, 2.24) is 0 Å². The second-order valence-corrected chi connectivity index (χ2v) is 2.37. The minimum Gasteiger partial charge on any atom is -0.479 e. The Morgan fingerprint density at radius 2 is 2.00 bits per heavy atom. The third-order valence-electron chi connectivity index (χ3n) is 1.53. The summed E-state index contributed by atoms with van der Waals surface area (Å²) in [5.41, 5.74) is 0.471. The lowest BCUT2D eigenvalue weighted by Gasteiger charge is -2.03. The van der Waals surface area contributed by atoms with Crippen LogP contribution >= 0.6 is 0 Å². The Hall–Kier alpha value is -1.93. The second kappa shape index (κ2) is 4.18. The molecule has 1 N–H and O–H groups in total. The third kappa shape index (κ3) is 2.25. The van der Waals surface area contributed by atoms with Gasteiger partial charge in [-0.2, -0.15) is 4.99 Å². The van der Waals surface area contributed by atoms with Crippen molar-refractivity contribution < 1.29 is 14.7 Å². The van der Waals surface area contributed by atoms with Crippen LogP contribution in [-0.2, 0) is 9.59 Å². The quantitative estimate of drug-likeness (QED) is 0.556. The van der Waals surface area contributed by atoms with Crippen LogP contribution in [0.25, 0.3) is 0 Å². The van der Waals surface area contributed by atoms with Gasteiger partial charge in [-0.15, -0.1) is 0 Å². The van der Waals surface area contributed by atoms with Crippen LogP contribution in [0.5, 0.6) is 0 Å². The number of hydrogen-bond acceptors (Lipinski definition) is 3. The first kappa shape index (κ1) is 9.16. The maximum atomic E-state index is 10.6. The number of carboxylic acids is 1. The molecule has 0 saturated heterocycles. The average molecular weight is 177 g/mol. The summed E-state index contributed by atoms with van der Waals surface area (Å²) in [6, 6.07) is 7.18. The zero-order valence-electron chi connectivity index (χ0n) is 6.68. The molecule has 0 amide bonds. The van der Waals surface area contributed by atoms with Crippen molar-refractivity contribution >= 4 is 12.0 Å². The topological polar surface area (TPSA) is 66.7 Å². The summed E-state index contributed by atoms with van der Waals surface area (Å²) in [5.74, 6) is -1.16. The Balaban J connectivity index is 3.02. The van der Waals surface area contributed by atoms with Crippen molar-refractivity contribution in [3.8, 4) is 0 Å². The maximum Gasteiger partial charge on any atom is 0.334 e. The van der Waals surface area contributed by atoms with E-state index in [1.807, 2.05) is 0 Å². The lowest BCUT2D eigenvalue weighted by molar-refractivity contribution is -0.138. The summed E-state index contributed by atoms with van der Waals surface area (Å²) < 4.78 is 0. The zero-order valence-corrected chi connectivity index (χ0v) is 6.68. The summed E-state index contributed by atoms with van der Waals surface area (Å²) in [5, 5.41) is 8.69. The van der Waals surface area contributed by atoms with Gasteiger partial charge in [-0.05, 0) is 5.56 Å². The summed E-state index contributed by atoms with van der Waals surface area (Å²) in [6.45, 7) is 0. The Kier molecular flexibility index (Phi) is 2.95. The van der Waals surface area contributed by atoms with Crippen LogP contribution in [0.15, 0.2) is 35.3 Å².